The van der Waals surface area contributed by atoms with E-state index in [1.807, 2.05) is 41.3 Å². The molecule has 1 aromatic carbocycles. The number of nitrogens with zero attached hydrogens (tertiary/aromatic N) is 5. The summed E-state index contributed by atoms with van der Waals surface area (Å²) < 4.78 is 38.8. The monoisotopic (exact) mass is 520 g/mol. The van der Waals surface area contributed by atoms with Gasteiger partial charge in [-0.2, -0.15) is 18.4 Å². The van der Waals surface area contributed by atoms with Crippen LogP contribution in [0.3, 0.4) is 0 Å². The number of alkyl halides is 3. The number of aromatic nitrogens is 2. The number of para-hydroxylation sites is 1. The molecule has 1 atom stereocenters. The largest absolute Gasteiger partial charge is 0.397 e. The number of rotatable bonds is 6. The molecular weight excluding hydrogens is 493 g/mol. The number of carbonyl (C=O) groups excluding carboxylic acids is 1. The van der Waals surface area contributed by atoms with Crippen molar-refractivity contribution >= 4 is 34.0 Å². The van der Waals surface area contributed by atoms with Crippen LogP contribution in [0.2, 0.25) is 0 Å². The second-order valence-electron chi connectivity index (χ2n) is 10.4. The van der Waals surface area contributed by atoms with E-state index in [0.29, 0.717) is 24.5 Å². The number of amides is 1. The van der Waals surface area contributed by atoms with E-state index in [4.69, 9.17) is 4.98 Å². The first-order chi connectivity index (χ1) is 18.3. The number of pyridine rings is 2. The van der Waals surface area contributed by atoms with Crippen LogP contribution in [0.25, 0.3) is 10.9 Å². The Kier molecular flexibility index (Phi) is 6.09. The van der Waals surface area contributed by atoms with Crippen molar-refractivity contribution in [2.24, 2.45) is 5.92 Å². The number of piperazine rings is 1. The third-order valence-corrected chi connectivity index (χ3v) is 7.59. The van der Waals surface area contributed by atoms with Crippen LogP contribution in [-0.4, -0.2) is 52.6 Å². The summed E-state index contributed by atoms with van der Waals surface area (Å²) in [5, 5.41) is 14.5. The van der Waals surface area contributed by atoms with Gasteiger partial charge < -0.3 is 15.1 Å². The van der Waals surface area contributed by atoms with Crippen LogP contribution < -0.4 is 10.2 Å². The molecule has 1 aliphatic heterocycles. The van der Waals surface area contributed by atoms with Crippen LogP contribution in [0, 0.1) is 17.2 Å². The molecule has 1 N–H and O–H groups in total. The summed E-state index contributed by atoms with van der Waals surface area (Å²) in [6.07, 6.45) is -0.422. The van der Waals surface area contributed by atoms with Crippen LogP contribution >= 0.6 is 0 Å². The third kappa shape index (κ3) is 4.97. The van der Waals surface area contributed by atoms with E-state index in [-0.39, 0.29) is 24.4 Å². The summed E-state index contributed by atoms with van der Waals surface area (Å²) in [4.78, 5) is 25.3. The van der Waals surface area contributed by atoms with Crippen molar-refractivity contribution < 1.29 is 18.0 Å². The molecule has 0 bridgehead atoms. The number of nitriles is 1. The minimum Gasteiger partial charge on any atom is -0.353 e. The second kappa shape index (κ2) is 9.46. The van der Waals surface area contributed by atoms with Crippen molar-refractivity contribution in [1.82, 2.24) is 14.9 Å². The summed E-state index contributed by atoms with van der Waals surface area (Å²) in [5.41, 5.74) is 3.81. The van der Waals surface area contributed by atoms with Gasteiger partial charge in [-0.15, -0.1) is 0 Å². The highest BCUT2D eigenvalue weighted by Crippen LogP contribution is 2.45. The van der Waals surface area contributed by atoms with Crippen molar-refractivity contribution in [3.05, 3.63) is 53.9 Å². The first-order valence-corrected chi connectivity index (χ1v) is 13.0. The number of halogens is 3. The van der Waals surface area contributed by atoms with Crippen molar-refractivity contribution in [2.45, 2.75) is 50.2 Å². The molecule has 1 unspecified atom stereocenters. The van der Waals surface area contributed by atoms with E-state index >= 15 is 0 Å². The van der Waals surface area contributed by atoms with Crippen molar-refractivity contribution in [3.63, 3.8) is 0 Å². The Morgan fingerprint density at radius 1 is 1.11 bits per heavy atom. The Bertz CT molecular complexity index is 1420. The number of hydrogen-bond acceptors (Lipinski definition) is 6. The fraction of sp³-hybridized carbons (Fsp3) is 0.429. The minimum atomic E-state index is -4.53. The fourth-order valence-electron chi connectivity index (χ4n) is 5.43. The van der Waals surface area contributed by atoms with Gasteiger partial charge in [0.2, 0.25) is 5.91 Å². The zero-order chi connectivity index (χ0) is 26.4. The van der Waals surface area contributed by atoms with Crippen molar-refractivity contribution in [1.29, 1.82) is 5.26 Å². The highest BCUT2D eigenvalue weighted by atomic mass is 19.4. The molecular formula is C28H27F3N6O. The van der Waals surface area contributed by atoms with Gasteiger partial charge in [-0.25, -0.2) is 4.98 Å². The van der Waals surface area contributed by atoms with Crippen LogP contribution in [0.15, 0.2) is 42.6 Å². The molecule has 2 aliphatic carbocycles. The Morgan fingerprint density at radius 3 is 2.61 bits per heavy atom. The van der Waals surface area contributed by atoms with Gasteiger partial charge in [0, 0.05) is 42.8 Å². The van der Waals surface area contributed by atoms with E-state index in [2.05, 4.69) is 16.4 Å². The summed E-state index contributed by atoms with van der Waals surface area (Å²) in [6, 6.07) is 13.5. The molecule has 1 saturated heterocycles. The molecule has 10 heteroatoms. The van der Waals surface area contributed by atoms with Crippen LogP contribution in [0.5, 0.6) is 0 Å². The molecule has 2 aromatic heterocycles. The van der Waals surface area contributed by atoms with Crippen molar-refractivity contribution in [3.8, 4) is 6.07 Å². The number of hydrogen-bond donors (Lipinski definition) is 1. The van der Waals surface area contributed by atoms with Gasteiger partial charge >= 0.3 is 6.18 Å². The average Bonchev–Trinajstić information content (AvgIpc) is 3.81. The lowest BCUT2D eigenvalue weighted by atomic mass is 10.0. The normalized spacial score (nSPS) is 19.9. The minimum absolute atomic E-state index is 0.185. The zero-order valence-corrected chi connectivity index (χ0v) is 20.7. The fourth-order valence-corrected chi connectivity index (χ4v) is 5.43. The van der Waals surface area contributed by atoms with E-state index < -0.39 is 18.5 Å². The summed E-state index contributed by atoms with van der Waals surface area (Å²) in [6.45, 7) is 0.895. The van der Waals surface area contributed by atoms with Crippen LogP contribution in [0.4, 0.5) is 30.4 Å². The molecule has 3 fully saturated rings. The lowest BCUT2D eigenvalue weighted by Crippen LogP contribution is -2.57. The van der Waals surface area contributed by atoms with Crippen LogP contribution in [0.1, 0.15) is 49.3 Å². The molecule has 1 amide bonds. The molecule has 3 aliphatic rings. The maximum Gasteiger partial charge on any atom is 0.397 e. The number of anilines is 3. The standard InChI is InChI=1S/C28H27F3N6O/c29-28(30,31)14-25(38)37-12-11-36(16-24(37)17-5-6-17)27-19(15-32)13-23(26(35-27)18-7-8-18)34-22-9-10-33-21-4-2-1-3-20(21)22/h1-4,9-10,13,17-18,24H,5-8,11-12,14,16H2,(H,33,34). The number of carbonyl (C=O) groups is 1. The van der Waals surface area contributed by atoms with Gasteiger partial charge in [-0.1, -0.05) is 18.2 Å². The SMILES string of the molecule is N#Cc1cc(Nc2ccnc3ccccc23)c(C2CC2)nc1N1CCN(C(=O)CC(F)(F)F)C(C2CC2)C1. The van der Waals surface area contributed by atoms with E-state index in [1.165, 1.54) is 4.90 Å². The molecule has 38 heavy (non-hydrogen) atoms. The molecule has 6 rings (SSSR count). The topological polar surface area (TPSA) is 85.2 Å². The average molecular weight is 521 g/mol. The van der Waals surface area contributed by atoms with Gasteiger partial charge in [-0.3, -0.25) is 9.78 Å². The Morgan fingerprint density at radius 2 is 1.89 bits per heavy atom. The smallest absolute Gasteiger partial charge is 0.353 e. The molecule has 196 valence electrons. The predicted molar refractivity (Wildman–Crippen MR) is 137 cm³/mol. The highest BCUT2D eigenvalue weighted by Gasteiger charge is 2.44. The van der Waals surface area contributed by atoms with E-state index in [0.717, 1.165) is 53.7 Å². The number of fused-ring (bicyclic) bond motifs is 1. The summed E-state index contributed by atoms with van der Waals surface area (Å²) >= 11 is 0. The molecule has 7 nitrogen and oxygen atoms in total. The maximum atomic E-state index is 12.9. The van der Waals surface area contributed by atoms with Gasteiger partial charge in [0.05, 0.1) is 28.5 Å². The summed E-state index contributed by atoms with van der Waals surface area (Å²) in [7, 11) is 0. The Hall–Kier alpha value is -3.87. The predicted octanol–water partition coefficient (Wildman–Crippen LogP) is 5.50. The molecule has 0 radical (unpaired) electrons. The second-order valence-corrected chi connectivity index (χ2v) is 10.4. The molecule has 3 aromatic rings. The molecule has 3 heterocycles. The maximum absolute atomic E-state index is 12.9. The van der Waals surface area contributed by atoms with Crippen LogP contribution in [-0.2, 0) is 4.79 Å². The quantitative estimate of drug-likeness (QED) is 0.462. The molecule has 2 saturated carbocycles. The van der Waals surface area contributed by atoms with Gasteiger partial charge in [0.15, 0.2) is 0 Å². The summed E-state index contributed by atoms with van der Waals surface area (Å²) in [5.74, 6) is 0.147. The lowest BCUT2D eigenvalue weighted by Gasteiger charge is -2.42. The highest BCUT2D eigenvalue weighted by molar-refractivity contribution is 5.93. The van der Waals surface area contributed by atoms with Gasteiger partial charge in [0.25, 0.3) is 0 Å². The lowest BCUT2D eigenvalue weighted by molar-refractivity contribution is -0.163. The number of nitrogens with one attached hydrogen (secondary N) is 1. The zero-order valence-electron chi connectivity index (χ0n) is 20.7. The third-order valence-electron chi connectivity index (χ3n) is 7.59. The van der Waals surface area contributed by atoms with Gasteiger partial charge in [-0.05, 0) is 49.8 Å². The first kappa shape index (κ1) is 24.5. The first-order valence-electron chi connectivity index (χ1n) is 13.0. The van der Waals surface area contributed by atoms with E-state index in [1.54, 1.807) is 6.20 Å². The Labute approximate surface area is 218 Å². The Balaban J connectivity index is 1.31. The molecule has 0 spiro atoms. The van der Waals surface area contributed by atoms with Gasteiger partial charge in [0.1, 0.15) is 18.3 Å². The van der Waals surface area contributed by atoms with E-state index in [9.17, 15) is 23.2 Å². The number of benzene rings is 1. The van der Waals surface area contributed by atoms with Crippen molar-refractivity contribution in [2.75, 3.05) is 29.9 Å².